The third-order valence-electron chi connectivity index (χ3n) is 4.11. The summed E-state index contributed by atoms with van der Waals surface area (Å²) in [6.07, 6.45) is 3.38. The van der Waals surface area contributed by atoms with Crippen LogP contribution in [0.2, 0.25) is 0 Å². The van der Waals surface area contributed by atoms with Crippen molar-refractivity contribution in [2.24, 2.45) is 0 Å². The van der Waals surface area contributed by atoms with Gasteiger partial charge in [0.05, 0.1) is 23.4 Å². The third-order valence-corrected chi connectivity index (χ3v) is 5.32. The maximum absolute atomic E-state index is 12.5. The molecule has 3 aromatic rings. The number of thiazole rings is 1. The molecule has 1 amide bonds. The van der Waals surface area contributed by atoms with E-state index < -0.39 is 0 Å². The summed E-state index contributed by atoms with van der Waals surface area (Å²) < 4.78 is 6.33. The van der Waals surface area contributed by atoms with Crippen LogP contribution in [-0.4, -0.2) is 29.9 Å². The molecule has 0 radical (unpaired) electrons. The Bertz CT molecular complexity index is 884. The number of amides is 1. The summed E-state index contributed by atoms with van der Waals surface area (Å²) in [5, 5.41) is 0.937. The Labute approximate surface area is 151 Å². The molecular weight excluding hydrogens is 332 g/mol. The Kier molecular flexibility index (Phi) is 5.14. The minimum atomic E-state index is -0.0835. The molecule has 0 N–H and O–H groups in total. The van der Waals surface area contributed by atoms with Crippen molar-refractivity contribution in [3.05, 3.63) is 65.2 Å². The molecular formula is C20H20N2O2S. The molecule has 0 spiro atoms. The number of hydrogen-bond acceptors (Lipinski definition) is 4. The zero-order valence-corrected chi connectivity index (χ0v) is 15.3. The van der Waals surface area contributed by atoms with Crippen LogP contribution in [0.5, 0.6) is 5.75 Å². The van der Waals surface area contributed by atoms with E-state index >= 15 is 0 Å². The molecule has 3 rings (SSSR count). The van der Waals surface area contributed by atoms with Crippen molar-refractivity contribution in [2.75, 3.05) is 14.2 Å². The van der Waals surface area contributed by atoms with E-state index in [1.165, 1.54) is 0 Å². The van der Waals surface area contributed by atoms with E-state index in [9.17, 15) is 4.79 Å². The van der Waals surface area contributed by atoms with Crippen LogP contribution in [0.4, 0.5) is 0 Å². The number of rotatable bonds is 5. The van der Waals surface area contributed by atoms with Gasteiger partial charge in [-0.25, -0.2) is 4.98 Å². The molecule has 4 nitrogen and oxygen atoms in total. The second-order valence-corrected chi connectivity index (χ2v) is 6.82. The average Bonchev–Trinajstić information content (AvgIpc) is 3.09. The van der Waals surface area contributed by atoms with E-state index in [2.05, 4.69) is 4.98 Å². The van der Waals surface area contributed by atoms with Crippen molar-refractivity contribution in [3.63, 3.8) is 0 Å². The number of aromatic nitrogens is 1. The summed E-state index contributed by atoms with van der Waals surface area (Å²) >= 11 is 1.62. The highest BCUT2D eigenvalue weighted by Gasteiger charge is 2.19. The highest BCUT2D eigenvalue weighted by atomic mass is 32.1. The van der Waals surface area contributed by atoms with Crippen LogP contribution in [0.25, 0.3) is 16.3 Å². The van der Waals surface area contributed by atoms with E-state index in [4.69, 9.17) is 4.74 Å². The topological polar surface area (TPSA) is 42.4 Å². The van der Waals surface area contributed by atoms with E-state index in [1.54, 1.807) is 42.5 Å². The van der Waals surface area contributed by atoms with Crippen molar-refractivity contribution in [1.82, 2.24) is 9.88 Å². The largest absolute Gasteiger partial charge is 0.497 e. The summed E-state index contributed by atoms with van der Waals surface area (Å²) in [5.74, 6) is 0.709. The van der Waals surface area contributed by atoms with Gasteiger partial charge in [0.1, 0.15) is 10.8 Å². The third kappa shape index (κ3) is 3.88. The monoisotopic (exact) mass is 352 g/mol. The molecule has 1 unspecified atom stereocenters. The van der Waals surface area contributed by atoms with Gasteiger partial charge in [-0.05, 0) is 42.8 Å². The van der Waals surface area contributed by atoms with Gasteiger partial charge in [0, 0.05) is 13.1 Å². The van der Waals surface area contributed by atoms with Crippen LogP contribution in [0.1, 0.15) is 23.5 Å². The van der Waals surface area contributed by atoms with Gasteiger partial charge in [-0.2, -0.15) is 0 Å². The lowest BCUT2D eigenvalue weighted by molar-refractivity contribution is -0.126. The highest BCUT2D eigenvalue weighted by Crippen LogP contribution is 2.29. The van der Waals surface area contributed by atoms with Crippen molar-refractivity contribution in [3.8, 4) is 5.75 Å². The quantitative estimate of drug-likeness (QED) is 0.633. The second-order valence-electron chi connectivity index (χ2n) is 5.75. The van der Waals surface area contributed by atoms with Gasteiger partial charge in [0.2, 0.25) is 5.91 Å². The highest BCUT2D eigenvalue weighted by molar-refractivity contribution is 7.18. The molecule has 0 aliphatic rings. The lowest BCUT2D eigenvalue weighted by Crippen LogP contribution is -2.27. The van der Waals surface area contributed by atoms with E-state index in [1.807, 2.05) is 55.5 Å². The van der Waals surface area contributed by atoms with E-state index in [0.717, 1.165) is 26.5 Å². The van der Waals surface area contributed by atoms with Crippen LogP contribution in [-0.2, 0) is 4.79 Å². The summed E-state index contributed by atoms with van der Waals surface area (Å²) in [6, 6.07) is 15.5. The number of fused-ring (bicyclic) bond motifs is 1. The minimum Gasteiger partial charge on any atom is -0.497 e. The van der Waals surface area contributed by atoms with Crippen LogP contribution in [0.15, 0.2) is 54.6 Å². The lowest BCUT2D eigenvalue weighted by Gasteiger charge is -2.21. The number of nitrogens with zero attached hydrogens (tertiary/aromatic N) is 2. The van der Waals surface area contributed by atoms with Crippen molar-refractivity contribution in [1.29, 1.82) is 0 Å². The number of likely N-dealkylation sites (N-methyl/N-ethyl adjacent to an activating group) is 1. The van der Waals surface area contributed by atoms with Crippen molar-refractivity contribution < 1.29 is 9.53 Å². The molecule has 0 saturated carbocycles. The first-order valence-corrected chi connectivity index (χ1v) is 8.84. The van der Waals surface area contributed by atoms with Crippen LogP contribution in [0, 0.1) is 0 Å². The van der Waals surface area contributed by atoms with Gasteiger partial charge in [0.25, 0.3) is 0 Å². The van der Waals surface area contributed by atoms with Gasteiger partial charge < -0.3 is 9.64 Å². The molecule has 1 aromatic heterocycles. The maximum Gasteiger partial charge on any atom is 0.246 e. The van der Waals surface area contributed by atoms with Crippen LogP contribution in [0.3, 0.4) is 0 Å². The van der Waals surface area contributed by atoms with Gasteiger partial charge in [0.15, 0.2) is 0 Å². The molecule has 0 aliphatic carbocycles. The number of para-hydroxylation sites is 1. The fraction of sp³-hybridized carbons (Fsp3) is 0.200. The Hall–Kier alpha value is -2.66. The Morgan fingerprint density at radius 2 is 2.04 bits per heavy atom. The zero-order chi connectivity index (χ0) is 17.8. The molecule has 5 heteroatoms. The first-order chi connectivity index (χ1) is 12.1. The molecule has 0 aliphatic heterocycles. The molecule has 0 bridgehead atoms. The van der Waals surface area contributed by atoms with Crippen molar-refractivity contribution in [2.45, 2.75) is 13.0 Å². The van der Waals surface area contributed by atoms with Gasteiger partial charge in [-0.15, -0.1) is 11.3 Å². The second kappa shape index (κ2) is 7.49. The molecule has 25 heavy (non-hydrogen) atoms. The normalized spacial score (nSPS) is 12.4. The minimum absolute atomic E-state index is 0.0606. The number of benzene rings is 2. The number of methoxy groups -OCH3 is 1. The Balaban J connectivity index is 1.73. The molecule has 1 atom stereocenters. The first kappa shape index (κ1) is 17.2. The molecule has 0 fully saturated rings. The van der Waals surface area contributed by atoms with E-state index in [0.29, 0.717) is 0 Å². The zero-order valence-electron chi connectivity index (χ0n) is 14.5. The fourth-order valence-corrected chi connectivity index (χ4v) is 3.52. The van der Waals surface area contributed by atoms with Gasteiger partial charge >= 0.3 is 0 Å². The van der Waals surface area contributed by atoms with Gasteiger partial charge in [-0.1, -0.05) is 24.3 Å². The first-order valence-electron chi connectivity index (χ1n) is 8.03. The van der Waals surface area contributed by atoms with Crippen LogP contribution >= 0.6 is 11.3 Å². The predicted molar refractivity (Wildman–Crippen MR) is 103 cm³/mol. The predicted octanol–water partition coefficient (Wildman–Crippen LogP) is 4.54. The Morgan fingerprint density at radius 3 is 2.80 bits per heavy atom. The summed E-state index contributed by atoms with van der Waals surface area (Å²) in [6.45, 7) is 2.00. The maximum atomic E-state index is 12.5. The summed E-state index contributed by atoms with van der Waals surface area (Å²) in [4.78, 5) is 18.8. The fourth-order valence-electron chi connectivity index (χ4n) is 2.46. The average molecular weight is 352 g/mol. The number of hydrogen-bond donors (Lipinski definition) is 0. The number of carbonyl (C=O) groups excluding carboxylic acids is 1. The molecule has 128 valence electrons. The molecule has 0 saturated heterocycles. The van der Waals surface area contributed by atoms with Crippen molar-refractivity contribution >= 4 is 33.5 Å². The van der Waals surface area contributed by atoms with Crippen LogP contribution < -0.4 is 4.74 Å². The number of carbonyl (C=O) groups is 1. The van der Waals surface area contributed by atoms with Gasteiger partial charge in [-0.3, -0.25) is 4.79 Å². The summed E-state index contributed by atoms with van der Waals surface area (Å²) in [5.41, 5.74) is 1.90. The smallest absolute Gasteiger partial charge is 0.246 e. The Morgan fingerprint density at radius 1 is 1.24 bits per heavy atom. The standard InChI is InChI=1S/C20H20N2O2S/c1-14(20-21-17-9-4-5-10-18(17)25-20)22(2)19(23)12-11-15-7-6-8-16(13-15)24-3/h4-14H,1-3H3. The summed E-state index contributed by atoms with van der Waals surface area (Å²) in [7, 11) is 3.43. The number of ether oxygens (including phenoxy) is 1. The molecule has 2 aromatic carbocycles. The SMILES string of the molecule is COc1cccc(C=CC(=O)N(C)C(C)c2nc3ccccc3s2)c1. The molecule has 1 heterocycles. The lowest BCUT2D eigenvalue weighted by atomic mass is 10.2. The van der Waals surface area contributed by atoms with E-state index in [-0.39, 0.29) is 11.9 Å².